The van der Waals surface area contributed by atoms with Crippen molar-refractivity contribution in [3.63, 3.8) is 0 Å². The van der Waals surface area contributed by atoms with E-state index in [0.717, 1.165) is 31.2 Å². The summed E-state index contributed by atoms with van der Waals surface area (Å²) in [7, 11) is -7.38. The number of hydrogen-bond donors (Lipinski definition) is 0. The standard InChI is InChI=1S/C22H26O5S2/c1-16-11-13-17(14-12-16)28(23,24)15-21-22(19-9-5-6-10-20(19)27-21)29(25,26)18-7-3-2-4-8-18/h2-4,7-8,11-14,19-22H,5-6,9-10,15H2,1H3/t19-,20-,21+,22+/m1/s1. The van der Waals surface area contributed by atoms with Gasteiger partial charge in [0, 0.05) is 5.92 Å². The molecule has 0 radical (unpaired) electrons. The Morgan fingerprint density at radius 3 is 2.21 bits per heavy atom. The molecule has 2 aromatic carbocycles. The van der Waals surface area contributed by atoms with Crippen LogP contribution in [0.5, 0.6) is 0 Å². The Morgan fingerprint density at radius 2 is 1.52 bits per heavy atom. The highest BCUT2D eigenvalue weighted by atomic mass is 32.2. The van der Waals surface area contributed by atoms with Crippen LogP contribution in [-0.2, 0) is 24.4 Å². The van der Waals surface area contributed by atoms with Crippen molar-refractivity contribution in [3.8, 4) is 0 Å². The average Bonchev–Trinajstić information content (AvgIpc) is 3.06. The van der Waals surface area contributed by atoms with Crippen LogP contribution in [0.15, 0.2) is 64.4 Å². The second kappa shape index (κ2) is 7.85. The molecule has 0 N–H and O–H groups in total. The number of ether oxygens (including phenoxy) is 1. The van der Waals surface area contributed by atoms with E-state index in [2.05, 4.69) is 0 Å². The van der Waals surface area contributed by atoms with Crippen molar-refractivity contribution in [2.45, 2.75) is 59.9 Å². The van der Waals surface area contributed by atoms with Gasteiger partial charge in [-0.25, -0.2) is 16.8 Å². The molecule has 0 unspecified atom stereocenters. The van der Waals surface area contributed by atoms with E-state index in [9.17, 15) is 16.8 Å². The van der Waals surface area contributed by atoms with E-state index in [1.807, 2.05) is 6.92 Å². The van der Waals surface area contributed by atoms with E-state index in [1.165, 1.54) is 0 Å². The third-order valence-corrected chi connectivity index (χ3v) is 10.1. The molecule has 1 aliphatic heterocycles. The lowest BCUT2D eigenvalue weighted by atomic mass is 9.85. The SMILES string of the molecule is Cc1ccc(S(=O)(=O)C[C@@H]2O[C@@H]3CCCC[C@H]3[C@@H]2S(=O)(=O)c2ccccc2)cc1. The summed E-state index contributed by atoms with van der Waals surface area (Å²) in [5.41, 5.74) is 0.969. The van der Waals surface area contributed by atoms with Crippen molar-refractivity contribution in [3.05, 3.63) is 60.2 Å². The molecule has 5 nitrogen and oxygen atoms in total. The minimum Gasteiger partial charge on any atom is -0.372 e. The number of sulfone groups is 2. The van der Waals surface area contributed by atoms with Crippen LogP contribution in [0.4, 0.5) is 0 Å². The summed E-state index contributed by atoms with van der Waals surface area (Å²) in [6.45, 7) is 1.89. The molecule has 0 amide bonds. The van der Waals surface area contributed by atoms with Gasteiger partial charge in [-0.3, -0.25) is 0 Å². The molecule has 4 rings (SSSR count). The van der Waals surface area contributed by atoms with Crippen LogP contribution in [0, 0.1) is 12.8 Å². The fourth-order valence-electron chi connectivity index (χ4n) is 4.64. The summed E-state index contributed by atoms with van der Waals surface area (Å²) < 4.78 is 59.2. The Labute approximate surface area is 172 Å². The van der Waals surface area contributed by atoms with Crippen LogP contribution < -0.4 is 0 Å². The fourth-order valence-corrected chi connectivity index (χ4v) is 8.40. The molecule has 1 heterocycles. The summed E-state index contributed by atoms with van der Waals surface area (Å²) >= 11 is 0. The Kier molecular flexibility index (Phi) is 5.57. The van der Waals surface area contributed by atoms with Crippen LogP contribution in [0.2, 0.25) is 0 Å². The minimum absolute atomic E-state index is 0.160. The lowest BCUT2D eigenvalue weighted by Gasteiger charge is -2.27. The van der Waals surface area contributed by atoms with Gasteiger partial charge < -0.3 is 4.74 Å². The van der Waals surface area contributed by atoms with E-state index in [1.54, 1.807) is 54.6 Å². The average molecular weight is 435 g/mol. The fraction of sp³-hybridized carbons (Fsp3) is 0.455. The Bertz CT molecular complexity index is 1060. The third kappa shape index (κ3) is 4.00. The molecule has 2 fully saturated rings. The van der Waals surface area contributed by atoms with Crippen molar-refractivity contribution in [2.75, 3.05) is 5.75 Å². The van der Waals surface area contributed by atoms with Crippen molar-refractivity contribution < 1.29 is 21.6 Å². The lowest BCUT2D eigenvalue weighted by molar-refractivity contribution is 0.0286. The number of rotatable bonds is 5. The van der Waals surface area contributed by atoms with Gasteiger partial charge in [-0.1, -0.05) is 48.7 Å². The zero-order valence-electron chi connectivity index (χ0n) is 16.4. The monoisotopic (exact) mass is 434 g/mol. The summed E-state index contributed by atoms with van der Waals surface area (Å²) in [5.74, 6) is -0.480. The first-order chi connectivity index (χ1) is 13.8. The van der Waals surface area contributed by atoms with Crippen molar-refractivity contribution in [1.82, 2.24) is 0 Å². The predicted octanol–water partition coefficient (Wildman–Crippen LogP) is 3.57. The number of hydrogen-bond acceptors (Lipinski definition) is 5. The maximum absolute atomic E-state index is 13.5. The van der Waals surface area contributed by atoms with Crippen molar-refractivity contribution in [2.24, 2.45) is 5.92 Å². The molecule has 2 aliphatic rings. The molecular formula is C22H26O5S2. The summed E-state index contributed by atoms with van der Waals surface area (Å²) in [5, 5.41) is -0.838. The first-order valence-corrected chi connectivity index (χ1v) is 13.2. The smallest absolute Gasteiger partial charge is 0.184 e. The van der Waals surface area contributed by atoms with E-state index in [0.29, 0.717) is 0 Å². The second-order valence-corrected chi connectivity index (χ2v) is 12.2. The van der Waals surface area contributed by atoms with Crippen LogP contribution in [0.3, 0.4) is 0 Å². The molecule has 4 atom stereocenters. The van der Waals surface area contributed by atoms with E-state index < -0.39 is 31.0 Å². The van der Waals surface area contributed by atoms with Gasteiger partial charge in [0.05, 0.1) is 33.0 Å². The van der Waals surface area contributed by atoms with Gasteiger partial charge in [-0.05, 0) is 44.0 Å². The highest BCUT2D eigenvalue weighted by Crippen LogP contribution is 2.43. The minimum atomic E-state index is -3.71. The molecule has 29 heavy (non-hydrogen) atoms. The van der Waals surface area contributed by atoms with Crippen molar-refractivity contribution in [1.29, 1.82) is 0 Å². The van der Waals surface area contributed by atoms with Gasteiger partial charge in [0.1, 0.15) is 0 Å². The van der Waals surface area contributed by atoms with Gasteiger partial charge in [0.25, 0.3) is 0 Å². The maximum Gasteiger partial charge on any atom is 0.184 e. The molecule has 1 saturated carbocycles. The highest BCUT2D eigenvalue weighted by molar-refractivity contribution is 7.93. The van der Waals surface area contributed by atoms with Gasteiger partial charge in [-0.2, -0.15) is 0 Å². The molecule has 0 bridgehead atoms. The molecule has 0 aromatic heterocycles. The molecule has 1 aliphatic carbocycles. The first-order valence-electron chi connectivity index (χ1n) is 10.0. The van der Waals surface area contributed by atoms with Crippen LogP contribution >= 0.6 is 0 Å². The first kappa shape index (κ1) is 20.6. The van der Waals surface area contributed by atoms with Crippen LogP contribution in [0.25, 0.3) is 0 Å². The summed E-state index contributed by atoms with van der Waals surface area (Å²) in [6.07, 6.45) is 2.42. The summed E-state index contributed by atoms with van der Waals surface area (Å²) in [6, 6.07) is 15.0. The topological polar surface area (TPSA) is 77.5 Å². The lowest BCUT2D eigenvalue weighted by Crippen LogP contribution is -2.40. The largest absolute Gasteiger partial charge is 0.372 e. The molecule has 2 aromatic rings. The van der Waals surface area contributed by atoms with Crippen molar-refractivity contribution >= 4 is 19.7 Å². The van der Waals surface area contributed by atoms with Gasteiger partial charge >= 0.3 is 0 Å². The quantitative estimate of drug-likeness (QED) is 0.719. The maximum atomic E-state index is 13.5. The third-order valence-electron chi connectivity index (χ3n) is 6.09. The number of fused-ring (bicyclic) bond motifs is 1. The Hall–Kier alpha value is -1.70. The zero-order valence-corrected chi connectivity index (χ0v) is 18.0. The Balaban J connectivity index is 1.70. The molecule has 156 valence electrons. The van der Waals surface area contributed by atoms with Gasteiger partial charge in [0.2, 0.25) is 0 Å². The van der Waals surface area contributed by atoms with E-state index >= 15 is 0 Å². The zero-order chi connectivity index (χ0) is 20.6. The molecule has 1 saturated heterocycles. The number of benzene rings is 2. The van der Waals surface area contributed by atoms with Gasteiger partial charge in [-0.15, -0.1) is 0 Å². The van der Waals surface area contributed by atoms with Crippen LogP contribution in [-0.4, -0.2) is 40.0 Å². The van der Waals surface area contributed by atoms with Crippen LogP contribution in [0.1, 0.15) is 31.2 Å². The molecule has 7 heteroatoms. The highest BCUT2D eigenvalue weighted by Gasteiger charge is 2.52. The van der Waals surface area contributed by atoms with E-state index in [4.69, 9.17) is 4.74 Å². The predicted molar refractivity (Wildman–Crippen MR) is 111 cm³/mol. The normalized spacial score (nSPS) is 27.5. The van der Waals surface area contributed by atoms with Gasteiger partial charge in [0.15, 0.2) is 19.7 Å². The van der Waals surface area contributed by atoms with E-state index in [-0.39, 0.29) is 27.6 Å². The second-order valence-electron chi connectivity index (χ2n) is 8.08. The molecular weight excluding hydrogens is 408 g/mol. The summed E-state index contributed by atoms with van der Waals surface area (Å²) in [4.78, 5) is 0.440. The number of aryl methyl sites for hydroxylation is 1. The molecule has 0 spiro atoms. The Morgan fingerprint density at radius 1 is 0.862 bits per heavy atom.